The number of carbonyl (C=O) groups is 2. The summed E-state index contributed by atoms with van der Waals surface area (Å²) in [6.45, 7) is 6.48. The zero-order valence-corrected chi connectivity index (χ0v) is 19.8. The number of hydrogen-bond donors (Lipinski definition) is 0. The summed E-state index contributed by atoms with van der Waals surface area (Å²) in [6, 6.07) is 7.65. The molecule has 0 spiro atoms. The molecule has 3 fully saturated rings. The standard InChI is InChI=1S/C25H29N5O4/c1-25(2,3)34-24(32)29-11-10-18(14-29)30(17-7-8-17)23(31)22-28-27-21(33-22)20-12-15(13-26)4-9-19(20)16-5-6-16/h4,9,12,16-18H,5-8,10-11,14H2,1-3H3/t18-/m1/s1. The van der Waals surface area contributed by atoms with Crippen LogP contribution in [0.3, 0.4) is 0 Å². The fraction of sp³-hybridized carbons (Fsp3) is 0.560. The normalized spacial score (nSPS) is 20.2. The van der Waals surface area contributed by atoms with E-state index in [2.05, 4.69) is 16.3 Å². The van der Waals surface area contributed by atoms with Gasteiger partial charge in [-0.15, -0.1) is 10.2 Å². The molecule has 0 unspecified atom stereocenters. The fourth-order valence-electron chi connectivity index (χ4n) is 4.53. The first-order valence-electron chi connectivity index (χ1n) is 11.9. The Morgan fingerprint density at radius 2 is 1.91 bits per heavy atom. The van der Waals surface area contributed by atoms with Crippen molar-refractivity contribution in [2.45, 2.75) is 76.5 Å². The first-order chi connectivity index (χ1) is 16.2. The van der Waals surface area contributed by atoms with Crippen LogP contribution in [0.25, 0.3) is 11.5 Å². The molecule has 2 amide bonds. The molecule has 0 radical (unpaired) electrons. The summed E-state index contributed by atoms with van der Waals surface area (Å²) in [7, 11) is 0. The lowest BCUT2D eigenvalue weighted by Crippen LogP contribution is -2.44. The van der Waals surface area contributed by atoms with Crippen LogP contribution >= 0.6 is 0 Å². The van der Waals surface area contributed by atoms with Gasteiger partial charge in [0.1, 0.15) is 5.60 Å². The number of rotatable bonds is 5. The van der Waals surface area contributed by atoms with E-state index in [-0.39, 0.29) is 35.9 Å². The lowest BCUT2D eigenvalue weighted by Gasteiger charge is -2.28. The monoisotopic (exact) mass is 463 g/mol. The smallest absolute Gasteiger partial charge is 0.410 e. The zero-order chi connectivity index (χ0) is 24.0. The third kappa shape index (κ3) is 4.63. The molecular formula is C25H29N5O4. The predicted molar refractivity (Wildman–Crippen MR) is 122 cm³/mol. The van der Waals surface area contributed by atoms with E-state index in [9.17, 15) is 14.9 Å². The molecule has 9 heteroatoms. The minimum atomic E-state index is -0.566. The largest absolute Gasteiger partial charge is 0.444 e. The summed E-state index contributed by atoms with van der Waals surface area (Å²) in [5.74, 6) is 0.331. The minimum Gasteiger partial charge on any atom is -0.444 e. The van der Waals surface area contributed by atoms with Crippen LogP contribution in [0.5, 0.6) is 0 Å². The summed E-state index contributed by atoms with van der Waals surface area (Å²) in [5.41, 5.74) is 1.74. The molecule has 5 rings (SSSR count). The van der Waals surface area contributed by atoms with Crippen molar-refractivity contribution in [3.8, 4) is 17.5 Å². The maximum atomic E-state index is 13.5. The zero-order valence-electron chi connectivity index (χ0n) is 19.8. The van der Waals surface area contributed by atoms with Crippen molar-refractivity contribution in [3.63, 3.8) is 0 Å². The van der Waals surface area contributed by atoms with Crippen LogP contribution < -0.4 is 0 Å². The molecule has 2 aliphatic carbocycles. The van der Waals surface area contributed by atoms with E-state index in [0.29, 0.717) is 31.0 Å². The van der Waals surface area contributed by atoms with Crippen LogP contribution in [-0.2, 0) is 4.74 Å². The van der Waals surface area contributed by atoms with Gasteiger partial charge in [-0.1, -0.05) is 6.07 Å². The summed E-state index contributed by atoms with van der Waals surface area (Å²) >= 11 is 0. The van der Waals surface area contributed by atoms with Crippen LogP contribution in [0.4, 0.5) is 4.79 Å². The second kappa shape index (κ2) is 8.42. The lowest BCUT2D eigenvalue weighted by atomic mass is 10.0. The molecule has 1 aromatic carbocycles. The number of hydrogen-bond acceptors (Lipinski definition) is 7. The van der Waals surface area contributed by atoms with Gasteiger partial charge in [-0.2, -0.15) is 5.26 Å². The summed E-state index contributed by atoms with van der Waals surface area (Å²) in [5, 5.41) is 17.6. The van der Waals surface area contributed by atoms with Gasteiger partial charge >= 0.3 is 17.9 Å². The third-order valence-corrected chi connectivity index (χ3v) is 6.42. The summed E-state index contributed by atoms with van der Waals surface area (Å²) < 4.78 is 11.4. The molecule has 1 atom stereocenters. The van der Waals surface area contributed by atoms with Gasteiger partial charge < -0.3 is 19.0 Å². The second-order valence-corrected chi connectivity index (χ2v) is 10.4. The number of nitriles is 1. The molecule has 9 nitrogen and oxygen atoms in total. The van der Waals surface area contributed by atoms with Crippen LogP contribution in [0.2, 0.25) is 0 Å². The average Bonchev–Trinajstić information content (AvgIpc) is 3.71. The predicted octanol–water partition coefficient (Wildman–Crippen LogP) is 4.10. The van der Waals surface area contributed by atoms with Crippen molar-refractivity contribution >= 4 is 12.0 Å². The quantitative estimate of drug-likeness (QED) is 0.656. The van der Waals surface area contributed by atoms with Crippen LogP contribution in [-0.4, -0.2) is 62.8 Å². The highest BCUT2D eigenvalue weighted by molar-refractivity contribution is 5.90. The van der Waals surface area contributed by atoms with E-state index < -0.39 is 5.60 Å². The van der Waals surface area contributed by atoms with Crippen molar-refractivity contribution in [2.24, 2.45) is 0 Å². The van der Waals surface area contributed by atoms with Crippen LogP contribution in [0, 0.1) is 11.3 Å². The van der Waals surface area contributed by atoms with E-state index in [1.165, 1.54) is 0 Å². The number of benzene rings is 1. The average molecular weight is 464 g/mol. The number of likely N-dealkylation sites (tertiary alicyclic amines) is 1. The second-order valence-electron chi connectivity index (χ2n) is 10.4. The van der Waals surface area contributed by atoms with E-state index in [1.54, 1.807) is 17.0 Å². The van der Waals surface area contributed by atoms with Gasteiger partial charge in [-0.3, -0.25) is 4.79 Å². The van der Waals surface area contributed by atoms with Crippen molar-refractivity contribution in [1.29, 1.82) is 5.26 Å². The molecule has 34 heavy (non-hydrogen) atoms. The molecule has 0 bridgehead atoms. The number of ether oxygens (including phenoxy) is 1. The minimum absolute atomic E-state index is 0.0540. The van der Waals surface area contributed by atoms with Gasteiger partial charge in [0.15, 0.2) is 0 Å². The van der Waals surface area contributed by atoms with Crippen molar-refractivity contribution < 1.29 is 18.7 Å². The van der Waals surface area contributed by atoms with E-state index in [1.807, 2.05) is 31.7 Å². The Bertz CT molecular complexity index is 1150. The van der Waals surface area contributed by atoms with E-state index in [0.717, 1.165) is 36.8 Å². The van der Waals surface area contributed by atoms with Gasteiger partial charge in [-0.25, -0.2) is 4.79 Å². The Kier molecular flexibility index (Phi) is 5.54. The third-order valence-electron chi connectivity index (χ3n) is 6.42. The SMILES string of the molecule is CC(C)(C)OC(=O)N1CC[C@@H](N(C(=O)c2nnc(-c3cc(C#N)ccc3C3CC3)o2)C2CC2)C1. The maximum Gasteiger partial charge on any atom is 0.410 e. The van der Waals surface area contributed by atoms with Gasteiger partial charge in [0.05, 0.1) is 17.7 Å². The molecule has 0 N–H and O–H groups in total. The maximum absolute atomic E-state index is 13.5. The van der Waals surface area contributed by atoms with Gasteiger partial charge in [0.25, 0.3) is 0 Å². The Labute approximate surface area is 198 Å². The first kappa shape index (κ1) is 22.4. The fourth-order valence-corrected chi connectivity index (χ4v) is 4.53. The van der Waals surface area contributed by atoms with Gasteiger partial charge in [0.2, 0.25) is 5.89 Å². The van der Waals surface area contributed by atoms with Gasteiger partial charge in [0, 0.05) is 24.7 Å². The molecule has 2 saturated carbocycles. The highest BCUT2D eigenvalue weighted by atomic mass is 16.6. The van der Waals surface area contributed by atoms with Crippen LogP contribution in [0.15, 0.2) is 22.6 Å². The highest BCUT2D eigenvalue weighted by Crippen LogP contribution is 2.44. The van der Waals surface area contributed by atoms with Gasteiger partial charge in [-0.05, 0) is 76.5 Å². The topological polar surface area (TPSA) is 113 Å². The number of carbonyl (C=O) groups excluding carboxylic acids is 2. The Hall–Kier alpha value is -3.41. The Balaban J connectivity index is 1.35. The number of amides is 2. The van der Waals surface area contributed by atoms with Crippen molar-refractivity contribution in [3.05, 3.63) is 35.2 Å². The molecule has 1 aliphatic heterocycles. The summed E-state index contributed by atoms with van der Waals surface area (Å²) in [4.78, 5) is 29.4. The molecule has 178 valence electrons. The first-order valence-corrected chi connectivity index (χ1v) is 11.9. The molecule has 2 heterocycles. The summed E-state index contributed by atoms with van der Waals surface area (Å²) in [6.07, 6.45) is 4.34. The molecule has 2 aromatic rings. The van der Waals surface area contributed by atoms with E-state index in [4.69, 9.17) is 9.15 Å². The molecule has 3 aliphatic rings. The highest BCUT2D eigenvalue weighted by Gasteiger charge is 2.43. The Morgan fingerprint density at radius 1 is 1.15 bits per heavy atom. The number of aromatic nitrogens is 2. The molecular weight excluding hydrogens is 434 g/mol. The number of nitrogens with zero attached hydrogens (tertiary/aromatic N) is 5. The molecule has 1 saturated heterocycles. The van der Waals surface area contributed by atoms with Crippen molar-refractivity contribution in [2.75, 3.05) is 13.1 Å². The Morgan fingerprint density at radius 3 is 2.56 bits per heavy atom. The van der Waals surface area contributed by atoms with Crippen molar-refractivity contribution in [1.82, 2.24) is 20.0 Å². The lowest BCUT2D eigenvalue weighted by molar-refractivity contribution is 0.0272. The van der Waals surface area contributed by atoms with Crippen LogP contribution in [0.1, 0.15) is 80.6 Å². The molecule has 1 aromatic heterocycles. The van der Waals surface area contributed by atoms with E-state index >= 15 is 0 Å².